The molecule has 4 nitrogen and oxygen atoms in total. The van der Waals surface area contributed by atoms with Gasteiger partial charge in [-0.05, 0) is 19.0 Å². The molecule has 2 rings (SSSR count). The molecule has 0 aliphatic carbocycles. The Morgan fingerprint density at radius 2 is 2.26 bits per heavy atom. The largest absolute Gasteiger partial charge is 0.348 e. The Morgan fingerprint density at radius 3 is 2.89 bits per heavy atom. The van der Waals surface area contributed by atoms with Gasteiger partial charge in [-0.1, -0.05) is 23.3 Å². The zero-order valence-corrected chi connectivity index (χ0v) is 12.6. The van der Waals surface area contributed by atoms with Crippen LogP contribution in [0.25, 0.3) is 0 Å². The van der Waals surface area contributed by atoms with Crippen LogP contribution in [0.15, 0.2) is 30.1 Å². The molecule has 0 saturated heterocycles. The molecule has 0 unspecified atom stereocenters. The lowest BCUT2D eigenvalue weighted by molar-refractivity contribution is 0.0956. The normalized spacial score (nSPS) is 13.6. The molecule has 0 atom stereocenters. The summed E-state index contributed by atoms with van der Waals surface area (Å²) in [6.07, 6.45) is 6.12. The van der Waals surface area contributed by atoms with Crippen LogP contribution in [0, 0.1) is 0 Å². The van der Waals surface area contributed by atoms with Crippen LogP contribution < -0.4 is 10.6 Å². The molecular weight excluding hydrogens is 309 g/mol. The van der Waals surface area contributed by atoms with Crippen LogP contribution in [0.5, 0.6) is 0 Å². The molecule has 1 amide bonds. The summed E-state index contributed by atoms with van der Waals surface area (Å²) in [6, 6.07) is 1.62. The molecule has 1 aliphatic heterocycles. The van der Waals surface area contributed by atoms with Gasteiger partial charge in [-0.2, -0.15) is 0 Å². The number of hydrogen-bond donors (Lipinski definition) is 2. The lowest BCUT2D eigenvalue weighted by atomic mass is 10.1. The fourth-order valence-corrected chi connectivity index (χ4v) is 1.88. The maximum Gasteiger partial charge on any atom is 0.253 e. The highest BCUT2D eigenvalue weighted by Crippen LogP contribution is 2.13. The maximum atomic E-state index is 11.8. The van der Waals surface area contributed by atoms with E-state index in [-0.39, 0.29) is 30.7 Å². The van der Waals surface area contributed by atoms with Crippen molar-refractivity contribution >= 4 is 42.3 Å². The van der Waals surface area contributed by atoms with Gasteiger partial charge >= 0.3 is 0 Å². The molecule has 106 valence electrons. The number of aromatic nitrogens is 1. The van der Waals surface area contributed by atoms with Gasteiger partial charge in [-0.25, -0.2) is 0 Å². The van der Waals surface area contributed by atoms with Crippen molar-refractivity contribution in [1.82, 2.24) is 15.6 Å². The number of rotatable bonds is 3. The molecule has 0 bridgehead atoms. The van der Waals surface area contributed by atoms with E-state index < -0.39 is 0 Å². The van der Waals surface area contributed by atoms with Crippen LogP contribution in [0.2, 0.25) is 5.02 Å². The van der Waals surface area contributed by atoms with Gasteiger partial charge in [-0.3, -0.25) is 9.78 Å². The summed E-state index contributed by atoms with van der Waals surface area (Å²) in [7, 11) is 0. The summed E-state index contributed by atoms with van der Waals surface area (Å²) in [5, 5.41) is 6.47. The van der Waals surface area contributed by atoms with Crippen molar-refractivity contribution in [2.24, 2.45) is 0 Å². The summed E-state index contributed by atoms with van der Waals surface area (Å²) in [6.45, 7) is 2.43. The summed E-state index contributed by atoms with van der Waals surface area (Å²) in [5.41, 5.74) is 1.72. The predicted molar refractivity (Wildman–Crippen MR) is 81.6 cm³/mol. The number of amides is 1. The van der Waals surface area contributed by atoms with Crippen molar-refractivity contribution in [2.75, 3.05) is 19.6 Å². The Labute approximate surface area is 129 Å². The van der Waals surface area contributed by atoms with Crippen molar-refractivity contribution in [3.05, 3.63) is 40.7 Å². The van der Waals surface area contributed by atoms with Crippen molar-refractivity contribution in [1.29, 1.82) is 0 Å². The lowest BCUT2D eigenvalue weighted by Gasteiger charge is -2.14. The third-order valence-electron chi connectivity index (χ3n) is 2.65. The minimum Gasteiger partial charge on any atom is -0.348 e. The van der Waals surface area contributed by atoms with Gasteiger partial charge in [0.1, 0.15) is 0 Å². The third kappa shape index (κ3) is 5.37. The number of nitrogens with one attached hydrogen (secondary N) is 2. The van der Waals surface area contributed by atoms with E-state index in [2.05, 4.69) is 21.7 Å². The van der Waals surface area contributed by atoms with Crippen molar-refractivity contribution < 1.29 is 4.79 Å². The quantitative estimate of drug-likeness (QED) is 0.838. The Bertz CT molecular complexity index is 452. The van der Waals surface area contributed by atoms with Crippen molar-refractivity contribution in [3.8, 4) is 0 Å². The summed E-state index contributed by atoms with van der Waals surface area (Å²) >= 11 is 5.89. The van der Waals surface area contributed by atoms with Gasteiger partial charge in [0.05, 0.1) is 10.6 Å². The summed E-state index contributed by atoms with van der Waals surface area (Å²) in [5.74, 6) is -0.156. The van der Waals surface area contributed by atoms with Gasteiger partial charge < -0.3 is 10.6 Å². The first-order valence-electron chi connectivity index (χ1n) is 5.53. The number of carbonyl (C=O) groups excluding carboxylic acids is 1. The van der Waals surface area contributed by atoms with Crippen molar-refractivity contribution in [2.45, 2.75) is 6.42 Å². The van der Waals surface area contributed by atoms with E-state index in [1.54, 1.807) is 12.3 Å². The molecule has 0 spiro atoms. The highest BCUT2D eigenvalue weighted by molar-refractivity contribution is 6.33. The first-order chi connectivity index (χ1) is 8.27. The molecule has 1 aromatic rings. The van der Waals surface area contributed by atoms with E-state index in [1.807, 2.05) is 0 Å². The second kappa shape index (κ2) is 9.15. The van der Waals surface area contributed by atoms with E-state index in [0.717, 1.165) is 19.5 Å². The maximum absolute atomic E-state index is 11.8. The minimum atomic E-state index is -0.156. The molecule has 19 heavy (non-hydrogen) atoms. The molecule has 1 aliphatic rings. The van der Waals surface area contributed by atoms with Gasteiger partial charge in [0.15, 0.2) is 0 Å². The molecule has 0 fully saturated rings. The molecule has 2 N–H and O–H groups in total. The predicted octanol–water partition coefficient (Wildman–Crippen LogP) is 2.23. The number of nitrogens with zero attached hydrogens (tertiary/aromatic N) is 1. The number of pyridine rings is 1. The van der Waals surface area contributed by atoms with Gasteiger partial charge in [0.2, 0.25) is 0 Å². The van der Waals surface area contributed by atoms with Crippen LogP contribution in [0.4, 0.5) is 0 Å². The Balaban J connectivity index is 0.00000162. The smallest absolute Gasteiger partial charge is 0.253 e. The second-order valence-electron chi connectivity index (χ2n) is 3.85. The lowest BCUT2D eigenvalue weighted by Crippen LogP contribution is -2.29. The molecule has 0 saturated carbocycles. The highest BCUT2D eigenvalue weighted by atomic mass is 35.5. The van der Waals surface area contributed by atoms with E-state index in [4.69, 9.17) is 11.6 Å². The molecule has 7 heteroatoms. The van der Waals surface area contributed by atoms with Gasteiger partial charge in [-0.15, -0.1) is 24.8 Å². The molecule has 0 radical (unpaired) electrons. The van der Waals surface area contributed by atoms with E-state index in [0.29, 0.717) is 17.1 Å². The summed E-state index contributed by atoms with van der Waals surface area (Å²) in [4.78, 5) is 15.7. The van der Waals surface area contributed by atoms with E-state index in [1.165, 1.54) is 11.8 Å². The Hall–Kier alpha value is -0.810. The van der Waals surface area contributed by atoms with Crippen LogP contribution in [-0.2, 0) is 0 Å². The minimum absolute atomic E-state index is 0. The van der Waals surface area contributed by atoms with E-state index >= 15 is 0 Å². The Kier molecular flexibility index (Phi) is 8.76. The average Bonchev–Trinajstić information content (AvgIpc) is 2.38. The number of carbonyl (C=O) groups is 1. The van der Waals surface area contributed by atoms with Crippen LogP contribution in [0.1, 0.15) is 16.8 Å². The fourth-order valence-electron chi connectivity index (χ4n) is 1.68. The van der Waals surface area contributed by atoms with E-state index in [9.17, 15) is 4.79 Å². The topological polar surface area (TPSA) is 54.0 Å². The van der Waals surface area contributed by atoms with Gasteiger partial charge in [0, 0.05) is 25.5 Å². The van der Waals surface area contributed by atoms with Gasteiger partial charge in [0.25, 0.3) is 5.91 Å². The van der Waals surface area contributed by atoms with Crippen LogP contribution in [0.3, 0.4) is 0 Å². The standard InChI is InChI=1S/C12H14ClN3O.2ClH/c13-11-8-15-6-3-10(11)12(17)16-7-9-1-4-14-5-2-9;;/h1,3,6,8,14H,2,4-5,7H2,(H,16,17);2*1H. The number of halogens is 3. The fraction of sp³-hybridized carbons (Fsp3) is 0.333. The molecular formula is C12H16Cl3N3O. The first-order valence-corrected chi connectivity index (χ1v) is 5.91. The molecule has 1 aromatic heterocycles. The van der Waals surface area contributed by atoms with Crippen LogP contribution >= 0.6 is 36.4 Å². The zero-order valence-electron chi connectivity index (χ0n) is 10.2. The van der Waals surface area contributed by atoms with Crippen molar-refractivity contribution in [3.63, 3.8) is 0 Å². The Morgan fingerprint density at radius 1 is 1.47 bits per heavy atom. The SMILES string of the molecule is Cl.Cl.O=C(NCC1=CCNCC1)c1ccncc1Cl. The monoisotopic (exact) mass is 323 g/mol. The number of hydrogen-bond acceptors (Lipinski definition) is 3. The van der Waals surface area contributed by atoms with Crippen LogP contribution in [-0.4, -0.2) is 30.5 Å². The summed E-state index contributed by atoms with van der Waals surface area (Å²) < 4.78 is 0. The third-order valence-corrected chi connectivity index (χ3v) is 2.95. The average molecular weight is 325 g/mol. The molecule has 2 heterocycles. The highest BCUT2D eigenvalue weighted by Gasteiger charge is 2.10. The first kappa shape index (κ1) is 18.2. The molecule has 0 aromatic carbocycles. The zero-order chi connectivity index (χ0) is 12.1. The second-order valence-corrected chi connectivity index (χ2v) is 4.26.